The molecule has 1 saturated heterocycles. The van der Waals surface area contributed by atoms with Crippen LogP contribution in [-0.4, -0.2) is 66.1 Å². The van der Waals surface area contributed by atoms with Gasteiger partial charge in [-0.05, 0) is 12.8 Å². The molecule has 7 heteroatoms. The first kappa shape index (κ1) is 16.7. The molecule has 1 unspecified atom stereocenters. The van der Waals surface area contributed by atoms with Crippen molar-refractivity contribution in [1.82, 2.24) is 10.2 Å². The van der Waals surface area contributed by atoms with Crippen LogP contribution in [0.3, 0.4) is 0 Å². The Labute approximate surface area is 118 Å². The second kappa shape index (κ2) is 9.55. The molecule has 0 spiro atoms. The molecular formula is C13H24N2O5. The monoisotopic (exact) mass is 288 g/mol. The number of nitrogens with one attached hydrogen (secondary N) is 1. The van der Waals surface area contributed by atoms with Crippen LogP contribution >= 0.6 is 0 Å². The van der Waals surface area contributed by atoms with Gasteiger partial charge in [0.1, 0.15) is 0 Å². The lowest BCUT2D eigenvalue weighted by molar-refractivity contribution is -0.137. The van der Waals surface area contributed by atoms with Gasteiger partial charge in [0.25, 0.3) is 0 Å². The van der Waals surface area contributed by atoms with Gasteiger partial charge < -0.3 is 25.2 Å². The molecule has 1 fully saturated rings. The van der Waals surface area contributed by atoms with Crippen LogP contribution in [0.2, 0.25) is 0 Å². The van der Waals surface area contributed by atoms with E-state index >= 15 is 0 Å². The fourth-order valence-electron chi connectivity index (χ4n) is 2.08. The molecule has 0 aromatic heterocycles. The van der Waals surface area contributed by atoms with Crippen LogP contribution in [0.1, 0.15) is 32.1 Å². The van der Waals surface area contributed by atoms with Crippen LogP contribution in [0.4, 0.5) is 4.79 Å². The van der Waals surface area contributed by atoms with Crippen LogP contribution in [0.5, 0.6) is 0 Å². The summed E-state index contributed by atoms with van der Waals surface area (Å²) in [4.78, 5) is 23.8. The average Bonchev–Trinajstić information content (AvgIpc) is 2.45. The zero-order valence-corrected chi connectivity index (χ0v) is 11.7. The maximum atomic E-state index is 11.8. The van der Waals surface area contributed by atoms with Crippen molar-refractivity contribution in [2.24, 2.45) is 0 Å². The molecule has 0 aromatic rings. The molecule has 1 rings (SSSR count). The van der Waals surface area contributed by atoms with Gasteiger partial charge in [-0.25, -0.2) is 4.79 Å². The molecule has 7 nitrogen and oxygen atoms in total. The molecule has 0 bridgehead atoms. The summed E-state index contributed by atoms with van der Waals surface area (Å²) in [7, 11) is 0. The van der Waals surface area contributed by atoms with Crippen LogP contribution in [0, 0.1) is 0 Å². The van der Waals surface area contributed by atoms with E-state index in [1.165, 1.54) is 0 Å². The molecule has 1 heterocycles. The lowest BCUT2D eigenvalue weighted by Crippen LogP contribution is -2.50. The SMILES string of the molecule is O=C(O)CCCCCCNC(=O)N1CCOC(CO)C1. The number of carbonyl (C=O) groups excluding carboxylic acids is 1. The van der Waals surface area contributed by atoms with E-state index in [9.17, 15) is 9.59 Å². The fourth-order valence-corrected chi connectivity index (χ4v) is 2.08. The van der Waals surface area contributed by atoms with Crippen LogP contribution < -0.4 is 5.32 Å². The third-order valence-corrected chi connectivity index (χ3v) is 3.22. The number of aliphatic carboxylic acids is 1. The van der Waals surface area contributed by atoms with Gasteiger partial charge in [0.2, 0.25) is 0 Å². The summed E-state index contributed by atoms with van der Waals surface area (Å²) in [6, 6.07) is -0.128. The first-order valence-corrected chi connectivity index (χ1v) is 7.10. The Hall–Kier alpha value is -1.34. The van der Waals surface area contributed by atoms with Crippen molar-refractivity contribution >= 4 is 12.0 Å². The number of carboxylic acids is 1. The third kappa shape index (κ3) is 6.72. The van der Waals surface area contributed by atoms with Gasteiger partial charge >= 0.3 is 12.0 Å². The van der Waals surface area contributed by atoms with Gasteiger partial charge in [-0.2, -0.15) is 0 Å². The number of carbonyl (C=O) groups is 2. The maximum absolute atomic E-state index is 11.8. The molecule has 1 aliphatic rings. The van der Waals surface area contributed by atoms with E-state index in [1.54, 1.807) is 4.90 Å². The number of ether oxygens (including phenoxy) is 1. The van der Waals surface area contributed by atoms with E-state index in [-0.39, 0.29) is 25.2 Å². The highest BCUT2D eigenvalue weighted by atomic mass is 16.5. The second-order valence-corrected chi connectivity index (χ2v) is 4.91. The number of hydrogen-bond acceptors (Lipinski definition) is 4. The molecule has 116 valence electrons. The molecule has 3 N–H and O–H groups in total. The number of unbranched alkanes of at least 4 members (excludes halogenated alkanes) is 3. The topological polar surface area (TPSA) is 99.1 Å². The van der Waals surface area contributed by atoms with E-state index in [2.05, 4.69) is 5.32 Å². The smallest absolute Gasteiger partial charge is 0.317 e. The van der Waals surface area contributed by atoms with Crippen LogP contribution in [0.15, 0.2) is 0 Å². The Morgan fingerprint density at radius 2 is 2.00 bits per heavy atom. The van der Waals surface area contributed by atoms with E-state index in [4.69, 9.17) is 14.9 Å². The molecule has 2 amide bonds. The van der Waals surface area contributed by atoms with Crippen molar-refractivity contribution in [3.05, 3.63) is 0 Å². The highest BCUT2D eigenvalue weighted by Gasteiger charge is 2.23. The molecule has 0 radical (unpaired) electrons. The predicted octanol–water partition coefficient (Wildman–Crippen LogP) is 0.424. The molecule has 20 heavy (non-hydrogen) atoms. The van der Waals surface area contributed by atoms with Gasteiger partial charge in [0.15, 0.2) is 0 Å². The Morgan fingerprint density at radius 1 is 1.25 bits per heavy atom. The van der Waals surface area contributed by atoms with Gasteiger partial charge in [0.05, 0.1) is 25.9 Å². The summed E-state index contributed by atoms with van der Waals surface area (Å²) in [5.41, 5.74) is 0. The maximum Gasteiger partial charge on any atom is 0.317 e. The number of carboxylic acid groups (broad SMARTS) is 1. The number of nitrogens with zero attached hydrogens (tertiary/aromatic N) is 1. The van der Waals surface area contributed by atoms with E-state index in [1.807, 2.05) is 0 Å². The van der Waals surface area contributed by atoms with Crippen molar-refractivity contribution in [2.45, 2.75) is 38.2 Å². The van der Waals surface area contributed by atoms with Crippen LogP contribution in [-0.2, 0) is 9.53 Å². The normalized spacial score (nSPS) is 18.9. The number of morpholine rings is 1. The largest absolute Gasteiger partial charge is 0.481 e. The number of urea groups is 1. The van der Waals surface area contributed by atoms with Crippen molar-refractivity contribution in [2.75, 3.05) is 32.8 Å². The molecule has 0 aliphatic carbocycles. The Morgan fingerprint density at radius 3 is 2.70 bits per heavy atom. The average molecular weight is 288 g/mol. The summed E-state index contributed by atoms with van der Waals surface area (Å²) in [5.74, 6) is -0.760. The van der Waals surface area contributed by atoms with Crippen molar-refractivity contribution in [3.63, 3.8) is 0 Å². The molecule has 1 aliphatic heterocycles. The summed E-state index contributed by atoms with van der Waals surface area (Å²) in [5, 5.41) is 20.3. The van der Waals surface area contributed by atoms with E-state index in [0.29, 0.717) is 32.7 Å². The minimum Gasteiger partial charge on any atom is -0.481 e. The highest BCUT2D eigenvalue weighted by molar-refractivity contribution is 5.74. The molecule has 0 saturated carbocycles. The number of hydrogen-bond donors (Lipinski definition) is 3. The first-order chi connectivity index (χ1) is 9.63. The summed E-state index contributed by atoms with van der Waals surface area (Å²) in [6.45, 7) is 1.93. The third-order valence-electron chi connectivity index (χ3n) is 3.22. The number of amides is 2. The van der Waals surface area contributed by atoms with Gasteiger partial charge in [-0.15, -0.1) is 0 Å². The van der Waals surface area contributed by atoms with Crippen molar-refractivity contribution in [1.29, 1.82) is 0 Å². The van der Waals surface area contributed by atoms with Gasteiger partial charge in [0, 0.05) is 19.5 Å². The zero-order chi connectivity index (χ0) is 14.8. The Kier molecular flexibility index (Phi) is 7.98. The Bertz CT molecular complexity index is 311. The Balaban J connectivity index is 2.03. The summed E-state index contributed by atoms with van der Waals surface area (Å²) < 4.78 is 5.28. The summed E-state index contributed by atoms with van der Waals surface area (Å²) >= 11 is 0. The fraction of sp³-hybridized carbons (Fsp3) is 0.846. The van der Waals surface area contributed by atoms with Crippen LogP contribution in [0.25, 0.3) is 0 Å². The van der Waals surface area contributed by atoms with Crippen molar-refractivity contribution in [3.8, 4) is 0 Å². The first-order valence-electron chi connectivity index (χ1n) is 7.10. The van der Waals surface area contributed by atoms with Gasteiger partial charge in [-0.3, -0.25) is 4.79 Å². The van der Waals surface area contributed by atoms with E-state index < -0.39 is 5.97 Å². The quantitative estimate of drug-likeness (QED) is 0.562. The zero-order valence-electron chi connectivity index (χ0n) is 11.7. The number of rotatable bonds is 8. The number of aliphatic hydroxyl groups excluding tert-OH is 1. The predicted molar refractivity (Wildman–Crippen MR) is 72.5 cm³/mol. The number of aliphatic hydroxyl groups is 1. The molecular weight excluding hydrogens is 264 g/mol. The summed E-state index contributed by atoms with van der Waals surface area (Å²) in [6.07, 6.45) is 3.24. The van der Waals surface area contributed by atoms with Gasteiger partial charge in [-0.1, -0.05) is 12.8 Å². The minimum absolute atomic E-state index is 0.0760. The van der Waals surface area contributed by atoms with Crippen molar-refractivity contribution < 1.29 is 24.5 Å². The molecule has 1 atom stereocenters. The standard InChI is InChI=1S/C13H24N2O5/c16-10-11-9-15(7-8-20-11)13(19)14-6-4-2-1-3-5-12(17)18/h11,16H,1-10H2,(H,14,19)(H,17,18). The van der Waals surface area contributed by atoms with E-state index in [0.717, 1.165) is 19.3 Å². The second-order valence-electron chi connectivity index (χ2n) is 4.91. The lowest BCUT2D eigenvalue weighted by atomic mass is 10.1. The lowest BCUT2D eigenvalue weighted by Gasteiger charge is -2.32. The minimum atomic E-state index is -0.760. The highest BCUT2D eigenvalue weighted by Crippen LogP contribution is 2.05. The molecule has 0 aromatic carbocycles.